The molecule has 134 valence electrons. The van der Waals surface area contributed by atoms with Crippen LogP contribution in [0.5, 0.6) is 0 Å². The van der Waals surface area contributed by atoms with Crippen LogP contribution < -0.4 is 10.4 Å². The van der Waals surface area contributed by atoms with Crippen LogP contribution in [0, 0.1) is 11.3 Å². The van der Waals surface area contributed by atoms with Gasteiger partial charge in [0.25, 0.3) is 0 Å². The van der Waals surface area contributed by atoms with Gasteiger partial charge in [-0.2, -0.15) is 0 Å². The Labute approximate surface area is 137 Å². The molecule has 9 heteroatoms. The number of ether oxygens (including phenoxy) is 1. The zero-order valence-electron chi connectivity index (χ0n) is 14.4. The lowest BCUT2D eigenvalue weighted by Gasteiger charge is -2.40. The highest BCUT2D eigenvalue weighted by Gasteiger charge is 2.47. The van der Waals surface area contributed by atoms with Crippen molar-refractivity contribution in [3.63, 3.8) is 0 Å². The zero-order chi connectivity index (χ0) is 17.7. The van der Waals surface area contributed by atoms with Gasteiger partial charge in [-0.25, -0.2) is 9.65 Å². The summed E-state index contributed by atoms with van der Waals surface area (Å²) < 4.78 is 27.9. The average Bonchev–Trinajstić information content (AvgIpc) is 2.48. The first kappa shape index (κ1) is 20.1. The van der Waals surface area contributed by atoms with E-state index in [1.807, 2.05) is 13.8 Å². The van der Waals surface area contributed by atoms with E-state index < -0.39 is 31.1 Å². The molecule has 0 aliphatic carbocycles. The maximum absolute atomic E-state index is 12.6. The Bertz CT molecular complexity index is 474. The second-order valence-electron chi connectivity index (χ2n) is 6.62. The number of nitrogens with one attached hydrogen (secondary N) is 2. The van der Waals surface area contributed by atoms with Gasteiger partial charge in [-0.1, -0.05) is 27.7 Å². The van der Waals surface area contributed by atoms with Crippen molar-refractivity contribution < 1.29 is 27.9 Å². The summed E-state index contributed by atoms with van der Waals surface area (Å²) in [6, 6.07) is 0. The maximum Gasteiger partial charge on any atom is 0.406 e. The number of methoxy groups -OCH3 is 1. The predicted molar refractivity (Wildman–Crippen MR) is 84.7 cm³/mol. The molecule has 1 rings (SSSR count). The zero-order valence-corrected chi connectivity index (χ0v) is 15.3. The monoisotopic (exact) mass is 350 g/mol. The van der Waals surface area contributed by atoms with Crippen LogP contribution in [0.3, 0.4) is 0 Å². The fourth-order valence-electron chi connectivity index (χ4n) is 1.90. The molecule has 0 bridgehead atoms. The van der Waals surface area contributed by atoms with Crippen molar-refractivity contribution in [3.05, 3.63) is 0 Å². The molecule has 1 aliphatic heterocycles. The van der Waals surface area contributed by atoms with Crippen LogP contribution in [-0.2, 0) is 27.9 Å². The number of amides is 1. The third kappa shape index (κ3) is 6.22. The van der Waals surface area contributed by atoms with E-state index in [2.05, 4.69) is 15.1 Å². The molecule has 1 aliphatic rings. The lowest BCUT2D eigenvalue weighted by Crippen LogP contribution is -2.51. The minimum absolute atomic E-state index is 0.0646. The Hall–Kier alpha value is -0.950. The van der Waals surface area contributed by atoms with E-state index in [9.17, 15) is 14.2 Å². The van der Waals surface area contributed by atoms with Gasteiger partial charge in [-0.3, -0.25) is 18.6 Å². The van der Waals surface area contributed by atoms with E-state index >= 15 is 0 Å². The normalized spacial score (nSPS) is 26.8. The second-order valence-corrected chi connectivity index (χ2v) is 8.40. The van der Waals surface area contributed by atoms with Crippen LogP contribution in [0.2, 0.25) is 0 Å². The molecule has 2 atom stereocenters. The Balaban J connectivity index is 2.66. The highest BCUT2D eigenvalue weighted by molar-refractivity contribution is 7.51. The van der Waals surface area contributed by atoms with Gasteiger partial charge in [0.1, 0.15) is 0 Å². The third-order valence-electron chi connectivity index (χ3n) is 3.35. The van der Waals surface area contributed by atoms with Crippen LogP contribution in [-0.4, -0.2) is 44.8 Å². The van der Waals surface area contributed by atoms with E-state index in [1.54, 1.807) is 13.8 Å². The van der Waals surface area contributed by atoms with Gasteiger partial charge in [0.15, 0.2) is 6.10 Å². The molecule has 2 N–H and O–H groups in total. The smallest absolute Gasteiger partial charge is 0.406 e. The molecule has 1 heterocycles. The molecule has 1 unspecified atom stereocenters. The fraction of sp³-hybridized carbons (Fsp3) is 0.857. The molecule has 23 heavy (non-hydrogen) atoms. The fourth-order valence-corrected chi connectivity index (χ4v) is 3.88. The molecule has 8 nitrogen and oxygen atoms in total. The van der Waals surface area contributed by atoms with Crippen LogP contribution in [0.15, 0.2) is 0 Å². The summed E-state index contributed by atoms with van der Waals surface area (Å²) in [4.78, 5) is 23.4. The second kappa shape index (κ2) is 8.24. The number of hydrogen-bond acceptors (Lipinski definition) is 6. The van der Waals surface area contributed by atoms with Gasteiger partial charge in [0, 0.05) is 18.5 Å². The molecule has 0 aromatic rings. The Morgan fingerprint density at radius 3 is 2.61 bits per heavy atom. The molecule has 0 aromatic heterocycles. The number of carbonyl (C=O) groups is 2. The number of carbonyl (C=O) groups excluding carboxylic acids is 2. The summed E-state index contributed by atoms with van der Waals surface area (Å²) in [6.07, 6.45) is -0.866. The molecule has 1 saturated heterocycles. The van der Waals surface area contributed by atoms with Gasteiger partial charge < -0.3 is 10.1 Å². The molecule has 0 radical (unpaired) electrons. The molecule has 0 aromatic carbocycles. The molecule has 1 fully saturated rings. The first-order chi connectivity index (χ1) is 10.6. The highest BCUT2D eigenvalue weighted by atomic mass is 31.2. The lowest BCUT2D eigenvalue weighted by molar-refractivity contribution is -0.141. The Morgan fingerprint density at radius 1 is 1.39 bits per heavy atom. The van der Waals surface area contributed by atoms with Crippen molar-refractivity contribution in [1.82, 2.24) is 10.4 Å². The van der Waals surface area contributed by atoms with Gasteiger partial charge >= 0.3 is 13.7 Å². The minimum Gasteiger partial charge on any atom is -0.469 e. The topological polar surface area (TPSA) is 103 Å². The molecule has 1 amide bonds. The van der Waals surface area contributed by atoms with Crippen molar-refractivity contribution in [3.8, 4) is 0 Å². The Morgan fingerprint density at radius 2 is 2.04 bits per heavy atom. The predicted octanol–water partition coefficient (Wildman–Crippen LogP) is 1.46. The summed E-state index contributed by atoms with van der Waals surface area (Å²) >= 11 is 0. The van der Waals surface area contributed by atoms with E-state index in [0.29, 0.717) is 6.54 Å². The lowest BCUT2D eigenvalue weighted by atomic mass is 9.87. The summed E-state index contributed by atoms with van der Waals surface area (Å²) in [7, 11) is -2.23. The SMILES string of the molecule is COC(=O)CCNC(=O)[C@@H]1OP(=O)(NCC(C)C)OCC1(C)C. The van der Waals surface area contributed by atoms with E-state index in [-0.39, 0.29) is 25.5 Å². The van der Waals surface area contributed by atoms with Crippen molar-refractivity contribution in [2.24, 2.45) is 11.3 Å². The van der Waals surface area contributed by atoms with Gasteiger partial charge in [-0.15, -0.1) is 0 Å². The first-order valence-corrected chi connectivity index (χ1v) is 9.16. The molecule has 0 spiro atoms. The largest absolute Gasteiger partial charge is 0.469 e. The van der Waals surface area contributed by atoms with Crippen molar-refractivity contribution in [2.75, 3.05) is 26.8 Å². The van der Waals surface area contributed by atoms with Crippen molar-refractivity contribution >= 4 is 19.6 Å². The van der Waals surface area contributed by atoms with Crippen LogP contribution >= 0.6 is 7.75 Å². The van der Waals surface area contributed by atoms with Crippen molar-refractivity contribution in [2.45, 2.75) is 40.2 Å². The van der Waals surface area contributed by atoms with E-state index in [1.165, 1.54) is 7.11 Å². The summed E-state index contributed by atoms with van der Waals surface area (Å²) in [5.41, 5.74) is -0.636. The third-order valence-corrected chi connectivity index (χ3v) is 4.88. The quantitative estimate of drug-likeness (QED) is 0.529. The van der Waals surface area contributed by atoms with Crippen LogP contribution in [0.25, 0.3) is 0 Å². The van der Waals surface area contributed by atoms with Gasteiger partial charge in [0.2, 0.25) is 5.91 Å². The Kier molecular flexibility index (Phi) is 7.20. The molecular weight excluding hydrogens is 323 g/mol. The number of hydrogen-bond donors (Lipinski definition) is 2. The first-order valence-electron chi connectivity index (χ1n) is 7.62. The van der Waals surface area contributed by atoms with Crippen LogP contribution in [0.1, 0.15) is 34.1 Å². The van der Waals surface area contributed by atoms with Crippen molar-refractivity contribution in [1.29, 1.82) is 0 Å². The van der Waals surface area contributed by atoms with E-state index in [0.717, 1.165) is 0 Å². The van der Waals surface area contributed by atoms with E-state index in [4.69, 9.17) is 9.05 Å². The highest BCUT2D eigenvalue weighted by Crippen LogP contribution is 2.53. The summed E-state index contributed by atoms with van der Waals surface area (Å²) in [5, 5.41) is 5.37. The average molecular weight is 350 g/mol. The van der Waals surface area contributed by atoms with Gasteiger partial charge in [0.05, 0.1) is 20.1 Å². The van der Waals surface area contributed by atoms with Crippen LogP contribution in [0.4, 0.5) is 0 Å². The number of esters is 1. The van der Waals surface area contributed by atoms with Gasteiger partial charge in [-0.05, 0) is 5.92 Å². The number of rotatable bonds is 7. The summed E-state index contributed by atoms with van der Waals surface area (Å²) in [5.74, 6) is -0.578. The molecule has 0 saturated carbocycles. The summed E-state index contributed by atoms with van der Waals surface area (Å²) in [6.45, 7) is 8.23. The maximum atomic E-state index is 12.6. The molecular formula is C14H27N2O6P. The standard InChI is InChI=1S/C14H27N2O6P/c1-10(2)8-16-23(19)21-9-14(3,4)12(22-23)13(18)15-7-6-11(17)20-5/h10,12H,6-9H2,1-5H3,(H,15,18)(H,16,19)/t12-,23?/m0/s1. The minimum atomic E-state index is -3.52.